The Bertz CT molecular complexity index is 1300. The summed E-state index contributed by atoms with van der Waals surface area (Å²) in [4.78, 5) is 4.82. The molecule has 0 N–H and O–H groups in total. The molecule has 0 fully saturated rings. The molecule has 0 unspecified atom stereocenters. The van der Waals surface area contributed by atoms with Crippen LogP contribution < -0.4 is 4.74 Å². The fourth-order valence-corrected chi connectivity index (χ4v) is 3.98. The van der Waals surface area contributed by atoms with E-state index >= 15 is 0 Å². The molecule has 0 saturated heterocycles. The molecule has 0 aliphatic heterocycles. The van der Waals surface area contributed by atoms with E-state index in [1.807, 2.05) is 55.5 Å². The summed E-state index contributed by atoms with van der Waals surface area (Å²) >= 11 is 1.45. The molecule has 0 radical (unpaired) electrons. The highest BCUT2D eigenvalue weighted by Gasteiger charge is 2.16. The number of thioether (sulfide) groups is 1. The zero-order valence-corrected chi connectivity index (χ0v) is 17.2. The number of hydrogen-bond donors (Lipinski definition) is 0. The zero-order chi connectivity index (χ0) is 20.5. The molecule has 0 atom stereocenters. The summed E-state index contributed by atoms with van der Waals surface area (Å²) in [6.45, 7) is 1.86. The van der Waals surface area contributed by atoms with Gasteiger partial charge in [-0.25, -0.2) is 4.98 Å². The lowest BCUT2D eigenvalue weighted by Gasteiger charge is -2.09. The van der Waals surface area contributed by atoms with Gasteiger partial charge < -0.3 is 13.6 Å². The van der Waals surface area contributed by atoms with Gasteiger partial charge in [0.25, 0.3) is 11.1 Å². The predicted molar refractivity (Wildman–Crippen MR) is 114 cm³/mol. The lowest BCUT2D eigenvalue weighted by atomic mass is 10.2. The van der Waals surface area contributed by atoms with Crippen molar-refractivity contribution in [1.29, 1.82) is 0 Å². The van der Waals surface area contributed by atoms with Crippen molar-refractivity contribution in [1.82, 2.24) is 19.7 Å². The molecule has 30 heavy (non-hydrogen) atoms. The van der Waals surface area contributed by atoms with E-state index in [9.17, 15) is 0 Å². The van der Waals surface area contributed by atoms with Crippen molar-refractivity contribution in [3.63, 3.8) is 0 Å². The van der Waals surface area contributed by atoms with Crippen molar-refractivity contribution < 1.29 is 13.6 Å². The van der Waals surface area contributed by atoms with Gasteiger partial charge in [-0.15, -0.1) is 10.2 Å². The average Bonchev–Trinajstić information content (AvgIpc) is 3.50. The van der Waals surface area contributed by atoms with Crippen molar-refractivity contribution >= 4 is 22.8 Å². The number of imidazole rings is 1. The number of benzene rings is 2. The second-order valence-electron chi connectivity index (χ2n) is 6.60. The molecule has 3 heterocycles. The summed E-state index contributed by atoms with van der Waals surface area (Å²) in [5.41, 5.74) is 3.79. The summed E-state index contributed by atoms with van der Waals surface area (Å²) in [5, 5.41) is 8.78. The van der Waals surface area contributed by atoms with Crippen LogP contribution in [0.3, 0.4) is 0 Å². The molecule has 0 bridgehead atoms. The number of hydrogen-bond acceptors (Lipinski definition) is 7. The average molecular weight is 418 g/mol. The third-order valence-corrected chi connectivity index (χ3v) is 5.60. The second-order valence-corrected chi connectivity index (χ2v) is 7.53. The number of aromatic nitrogens is 4. The quantitative estimate of drug-likeness (QED) is 0.347. The van der Waals surface area contributed by atoms with Crippen molar-refractivity contribution in [2.75, 3.05) is 7.11 Å². The van der Waals surface area contributed by atoms with Gasteiger partial charge in [-0.05, 0) is 49.4 Å². The third kappa shape index (κ3) is 3.35. The van der Waals surface area contributed by atoms with Gasteiger partial charge in [-0.3, -0.25) is 4.57 Å². The summed E-state index contributed by atoms with van der Waals surface area (Å²) in [6.07, 6.45) is 1.61. The molecule has 8 heteroatoms. The Balaban J connectivity index is 1.46. The van der Waals surface area contributed by atoms with E-state index in [2.05, 4.69) is 20.8 Å². The van der Waals surface area contributed by atoms with Crippen LogP contribution in [0.1, 0.15) is 11.6 Å². The number of rotatable bonds is 6. The van der Waals surface area contributed by atoms with E-state index in [0.29, 0.717) is 16.9 Å². The van der Waals surface area contributed by atoms with Gasteiger partial charge in [0, 0.05) is 5.69 Å². The molecule has 0 saturated carbocycles. The molecular weight excluding hydrogens is 400 g/mol. The van der Waals surface area contributed by atoms with Crippen molar-refractivity contribution in [2.24, 2.45) is 0 Å². The zero-order valence-electron chi connectivity index (χ0n) is 16.4. The maximum Gasteiger partial charge on any atom is 0.277 e. The van der Waals surface area contributed by atoms with Crippen LogP contribution in [-0.4, -0.2) is 26.9 Å². The first-order valence-electron chi connectivity index (χ1n) is 9.34. The van der Waals surface area contributed by atoms with Crippen molar-refractivity contribution in [3.8, 4) is 22.9 Å². The van der Waals surface area contributed by atoms with Crippen LogP contribution in [0.5, 0.6) is 5.75 Å². The van der Waals surface area contributed by atoms with Crippen LogP contribution in [0.25, 0.3) is 28.2 Å². The topological polar surface area (TPSA) is 79.1 Å². The molecule has 0 spiro atoms. The Morgan fingerprint density at radius 2 is 1.87 bits per heavy atom. The third-order valence-electron chi connectivity index (χ3n) is 4.78. The molecule has 5 aromatic rings. The Hall–Kier alpha value is -3.52. The summed E-state index contributed by atoms with van der Waals surface area (Å²) in [6, 6.07) is 17.8. The van der Waals surface area contributed by atoms with Crippen LogP contribution in [0.4, 0.5) is 0 Å². The van der Waals surface area contributed by atoms with Crippen molar-refractivity contribution in [3.05, 3.63) is 72.4 Å². The van der Waals surface area contributed by atoms with Gasteiger partial charge in [0.15, 0.2) is 0 Å². The van der Waals surface area contributed by atoms with E-state index < -0.39 is 0 Å². The van der Waals surface area contributed by atoms with Crippen molar-refractivity contribution in [2.45, 2.75) is 17.9 Å². The number of fused-ring (bicyclic) bond motifs is 1. The number of ether oxygens (including phenoxy) is 1. The Kier molecular flexibility index (Phi) is 4.76. The molecule has 2 aromatic carbocycles. The van der Waals surface area contributed by atoms with E-state index in [-0.39, 0.29) is 0 Å². The summed E-state index contributed by atoms with van der Waals surface area (Å²) < 4.78 is 18.5. The fourth-order valence-electron chi connectivity index (χ4n) is 3.30. The van der Waals surface area contributed by atoms with Gasteiger partial charge in [0.1, 0.15) is 17.3 Å². The molecule has 0 aliphatic carbocycles. The Morgan fingerprint density at radius 1 is 1.03 bits per heavy atom. The Morgan fingerprint density at radius 3 is 2.63 bits per heavy atom. The number of methoxy groups -OCH3 is 1. The molecule has 3 aromatic heterocycles. The molecule has 5 rings (SSSR count). The van der Waals surface area contributed by atoms with Crippen LogP contribution in [-0.2, 0) is 5.75 Å². The summed E-state index contributed by atoms with van der Waals surface area (Å²) in [5.74, 6) is 3.48. The van der Waals surface area contributed by atoms with Crippen LogP contribution in [0, 0.1) is 6.92 Å². The van der Waals surface area contributed by atoms with Gasteiger partial charge in [0.2, 0.25) is 0 Å². The van der Waals surface area contributed by atoms with E-state index in [1.54, 1.807) is 13.4 Å². The number of furan rings is 1. The summed E-state index contributed by atoms with van der Waals surface area (Å²) in [7, 11) is 1.66. The molecule has 7 nitrogen and oxygen atoms in total. The number of nitrogens with zero attached hydrogens (tertiary/aromatic N) is 4. The monoisotopic (exact) mass is 418 g/mol. The van der Waals surface area contributed by atoms with Gasteiger partial charge in [-0.2, -0.15) is 0 Å². The van der Waals surface area contributed by atoms with Gasteiger partial charge >= 0.3 is 0 Å². The van der Waals surface area contributed by atoms with Gasteiger partial charge in [0.05, 0.1) is 35.7 Å². The normalized spacial score (nSPS) is 11.3. The lowest BCUT2D eigenvalue weighted by Crippen LogP contribution is -2.00. The first-order valence-corrected chi connectivity index (χ1v) is 10.3. The molecular formula is C22H18N4O3S. The largest absolute Gasteiger partial charge is 0.497 e. The number of para-hydroxylation sites is 2. The van der Waals surface area contributed by atoms with Crippen LogP contribution in [0.2, 0.25) is 0 Å². The molecule has 0 amide bonds. The minimum atomic E-state index is 0.451. The van der Waals surface area contributed by atoms with Crippen LogP contribution >= 0.6 is 11.8 Å². The van der Waals surface area contributed by atoms with Gasteiger partial charge in [-0.1, -0.05) is 23.9 Å². The molecule has 150 valence electrons. The predicted octanol–water partition coefficient (Wildman–Crippen LogP) is 5.28. The van der Waals surface area contributed by atoms with E-state index in [1.165, 1.54) is 11.8 Å². The van der Waals surface area contributed by atoms with Crippen LogP contribution in [0.15, 0.2) is 74.9 Å². The maximum atomic E-state index is 5.81. The Labute approximate surface area is 176 Å². The minimum Gasteiger partial charge on any atom is -0.497 e. The highest BCUT2D eigenvalue weighted by Crippen LogP contribution is 2.30. The van der Waals surface area contributed by atoms with E-state index in [0.717, 1.165) is 39.6 Å². The van der Waals surface area contributed by atoms with E-state index in [4.69, 9.17) is 18.6 Å². The smallest absolute Gasteiger partial charge is 0.277 e. The highest BCUT2D eigenvalue weighted by atomic mass is 32.2. The fraction of sp³-hybridized carbons (Fsp3) is 0.136. The molecule has 0 aliphatic rings. The second kappa shape index (κ2) is 7.72. The highest BCUT2D eigenvalue weighted by molar-refractivity contribution is 7.98. The minimum absolute atomic E-state index is 0.451. The SMILES string of the molecule is COc1ccc(-n2c(CSc3nnc(-c4ccoc4C)o3)nc3ccccc32)cc1. The first-order chi connectivity index (χ1) is 14.7. The first kappa shape index (κ1) is 18.5. The maximum absolute atomic E-state index is 5.81. The standard InChI is InChI=1S/C22H18N4O3S/c1-14-17(11-12-28-14)21-24-25-22(29-21)30-13-20-23-18-5-3-4-6-19(18)26(20)15-7-9-16(27-2)10-8-15/h3-12H,13H2,1-2H3. The number of aryl methyl sites for hydroxylation is 1. The lowest BCUT2D eigenvalue weighted by molar-refractivity contribution is 0.414.